The van der Waals surface area contributed by atoms with Gasteiger partial charge in [-0.2, -0.15) is 23.4 Å². The average molecular weight is 496 g/mol. The maximum atomic E-state index is 13.0. The molecule has 0 bridgehead atoms. The van der Waals surface area contributed by atoms with Gasteiger partial charge in [0, 0.05) is 37.7 Å². The minimum Gasteiger partial charge on any atom is -0.370 e. The predicted molar refractivity (Wildman–Crippen MR) is 118 cm³/mol. The summed E-state index contributed by atoms with van der Waals surface area (Å²) in [6.45, 7) is 1.26. The summed E-state index contributed by atoms with van der Waals surface area (Å²) in [5.74, 6) is 0.0228. The smallest absolute Gasteiger partial charge is 0.370 e. The molecule has 2 aromatic heterocycles. The highest BCUT2D eigenvalue weighted by molar-refractivity contribution is 6.42. The molecule has 4 rings (SSSR count). The molecule has 1 fully saturated rings. The molecule has 0 radical (unpaired) electrons. The first-order chi connectivity index (χ1) is 15.7. The van der Waals surface area contributed by atoms with Gasteiger partial charge in [0.2, 0.25) is 0 Å². The zero-order valence-electron chi connectivity index (χ0n) is 17.1. The third-order valence-corrected chi connectivity index (χ3v) is 6.31. The second kappa shape index (κ2) is 9.52. The summed E-state index contributed by atoms with van der Waals surface area (Å²) in [6.07, 6.45) is -0.790. The van der Waals surface area contributed by atoms with Crippen molar-refractivity contribution in [1.82, 2.24) is 20.1 Å². The summed E-state index contributed by atoms with van der Waals surface area (Å²) in [5, 5.41) is 11.4. The molecule has 1 N–H and O–H groups in total. The Morgan fingerprint density at radius 1 is 1.06 bits per heavy atom. The minimum absolute atomic E-state index is 0.0509. The fourth-order valence-corrected chi connectivity index (χ4v) is 4.17. The van der Waals surface area contributed by atoms with Gasteiger partial charge >= 0.3 is 6.18 Å². The Morgan fingerprint density at radius 3 is 2.52 bits per heavy atom. The maximum absolute atomic E-state index is 13.0. The number of aromatic nitrogens is 3. The highest BCUT2D eigenvalue weighted by Crippen LogP contribution is 2.36. The SMILES string of the molecule is O=C(c1ccnnc1)N1C[C@H](CNc2ccc(C(F)(F)F)cn2)[C@@H](c2ccc(Cl)c(Cl)c2)C1. The third kappa shape index (κ3) is 5.36. The standard InChI is InChI=1S/C22H18Cl2F3N5O/c23-18-3-1-13(7-19(18)24)17-12-32(21(33)14-5-6-30-31-9-14)11-15(17)8-28-20-4-2-16(10-29-20)22(25,26)27/h1-7,9-10,15,17H,8,11-12H2,(H,28,29)/t15-,17+/m0/s1. The van der Waals surface area contributed by atoms with E-state index in [9.17, 15) is 18.0 Å². The summed E-state index contributed by atoms with van der Waals surface area (Å²) in [7, 11) is 0. The number of hydrogen-bond acceptors (Lipinski definition) is 5. The van der Waals surface area contributed by atoms with Crippen molar-refractivity contribution in [3.63, 3.8) is 0 Å². The third-order valence-electron chi connectivity index (χ3n) is 5.57. The second-order valence-corrected chi connectivity index (χ2v) is 8.51. The number of benzene rings is 1. The molecule has 3 heterocycles. The van der Waals surface area contributed by atoms with Crippen LogP contribution in [-0.2, 0) is 6.18 Å². The first-order valence-electron chi connectivity index (χ1n) is 10.0. The molecule has 1 aliphatic heterocycles. The summed E-state index contributed by atoms with van der Waals surface area (Å²) >= 11 is 12.3. The minimum atomic E-state index is -4.45. The number of amides is 1. The molecule has 0 aliphatic carbocycles. The fraction of sp³-hybridized carbons (Fsp3) is 0.273. The Labute approximate surface area is 197 Å². The molecular formula is C22H18Cl2F3N5O. The van der Waals surface area contributed by atoms with Crippen molar-refractivity contribution >= 4 is 34.9 Å². The van der Waals surface area contributed by atoms with Crippen molar-refractivity contribution < 1.29 is 18.0 Å². The number of likely N-dealkylation sites (tertiary alicyclic amines) is 1. The lowest BCUT2D eigenvalue weighted by atomic mass is 9.89. The van der Waals surface area contributed by atoms with Crippen molar-refractivity contribution in [2.75, 3.05) is 25.0 Å². The van der Waals surface area contributed by atoms with Crippen LogP contribution in [0.15, 0.2) is 55.0 Å². The van der Waals surface area contributed by atoms with Crippen molar-refractivity contribution in [2.45, 2.75) is 12.1 Å². The van der Waals surface area contributed by atoms with Crippen molar-refractivity contribution in [2.24, 2.45) is 5.92 Å². The molecule has 6 nitrogen and oxygen atoms in total. The van der Waals surface area contributed by atoms with Gasteiger partial charge in [-0.3, -0.25) is 4.79 Å². The molecule has 2 atom stereocenters. The van der Waals surface area contributed by atoms with Gasteiger partial charge in [0.25, 0.3) is 5.91 Å². The molecular weight excluding hydrogens is 478 g/mol. The van der Waals surface area contributed by atoms with Crippen molar-refractivity contribution in [3.05, 3.63) is 81.7 Å². The number of hydrogen-bond donors (Lipinski definition) is 1. The Hall–Kier alpha value is -2.91. The van der Waals surface area contributed by atoms with Gasteiger partial charge in [-0.25, -0.2) is 4.98 Å². The van der Waals surface area contributed by atoms with Gasteiger partial charge in [-0.1, -0.05) is 29.3 Å². The predicted octanol–water partition coefficient (Wildman–Crippen LogP) is 5.17. The van der Waals surface area contributed by atoms with E-state index >= 15 is 0 Å². The largest absolute Gasteiger partial charge is 0.417 e. The molecule has 0 unspecified atom stereocenters. The lowest BCUT2D eigenvalue weighted by molar-refractivity contribution is -0.137. The lowest BCUT2D eigenvalue weighted by Gasteiger charge is -2.20. The summed E-state index contributed by atoms with van der Waals surface area (Å²) in [6, 6.07) is 9.22. The summed E-state index contributed by atoms with van der Waals surface area (Å²) in [4.78, 5) is 18.6. The van der Waals surface area contributed by atoms with Crippen LogP contribution in [0.3, 0.4) is 0 Å². The van der Waals surface area contributed by atoms with E-state index < -0.39 is 11.7 Å². The number of carbonyl (C=O) groups excluding carboxylic acids is 1. The van der Waals surface area contributed by atoms with E-state index in [2.05, 4.69) is 20.5 Å². The Balaban J connectivity index is 1.53. The molecule has 3 aromatic rings. The second-order valence-electron chi connectivity index (χ2n) is 7.69. The van der Waals surface area contributed by atoms with Crippen molar-refractivity contribution in [1.29, 1.82) is 0 Å². The van der Waals surface area contributed by atoms with E-state index in [-0.39, 0.29) is 17.7 Å². The van der Waals surface area contributed by atoms with E-state index in [0.717, 1.165) is 17.8 Å². The van der Waals surface area contributed by atoms with Gasteiger partial charge in [0.15, 0.2) is 0 Å². The maximum Gasteiger partial charge on any atom is 0.417 e. The highest BCUT2D eigenvalue weighted by Gasteiger charge is 2.37. The molecule has 172 valence electrons. The Kier molecular flexibility index (Phi) is 6.71. The molecule has 0 spiro atoms. The Morgan fingerprint density at radius 2 is 1.88 bits per heavy atom. The van der Waals surface area contributed by atoms with E-state index in [1.165, 1.54) is 18.5 Å². The molecule has 33 heavy (non-hydrogen) atoms. The number of nitrogens with zero attached hydrogens (tertiary/aromatic N) is 4. The van der Waals surface area contributed by atoms with Crippen molar-refractivity contribution in [3.8, 4) is 0 Å². The topological polar surface area (TPSA) is 71.0 Å². The van der Waals surface area contributed by atoms with Crippen LogP contribution in [0, 0.1) is 5.92 Å². The first kappa shape index (κ1) is 23.3. The number of rotatable bonds is 5. The number of alkyl halides is 3. The molecule has 1 aromatic carbocycles. The number of pyridine rings is 1. The molecule has 1 saturated heterocycles. The first-order valence-corrected chi connectivity index (χ1v) is 10.8. The van der Waals surface area contributed by atoms with Gasteiger partial charge in [0.05, 0.1) is 33.6 Å². The van der Waals surface area contributed by atoms with Crippen LogP contribution in [0.4, 0.5) is 19.0 Å². The fourth-order valence-electron chi connectivity index (χ4n) is 3.87. The zero-order chi connectivity index (χ0) is 23.6. The molecule has 0 saturated carbocycles. The number of halogens is 5. The van der Waals surface area contributed by atoms with Gasteiger partial charge in [-0.15, -0.1) is 0 Å². The number of nitrogens with one attached hydrogen (secondary N) is 1. The number of anilines is 1. The van der Waals surface area contributed by atoms with Crippen LogP contribution in [0.5, 0.6) is 0 Å². The molecule has 1 amide bonds. The van der Waals surface area contributed by atoms with Gasteiger partial charge < -0.3 is 10.2 Å². The quantitative estimate of drug-likeness (QED) is 0.528. The van der Waals surface area contributed by atoms with E-state index in [1.54, 1.807) is 23.1 Å². The van der Waals surface area contributed by atoms with Crippen LogP contribution in [0.1, 0.15) is 27.4 Å². The highest BCUT2D eigenvalue weighted by atomic mass is 35.5. The van der Waals surface area contributed by atoms with Crippen LogP contribution in [0.25, 0.3) is 0 Å². The van der Waals surface area contributed by atoms with E-state index in [0.29, 0.717) is 41.1 Å². The monoisotopic (exact) mass is 495 g/mol. The average Bonchev–Trinajstić information content (AvgIpc) is 3.23. The molecule has 1 aliphatic rings. The van der Waals surface area contributed by atoms with Crippen LogP contribution >= 0.6 is 23.2 Å². The normalized spacial score (nSPS) is 18.4. The van der Waals surface area contributed by atoms with Gasteiger partial charge in [-0.05, 0) is 35.9 Å². The zero-order valence-corrected chi connectivity index (χ0v) is 18.6. The van der Waals surface area contributed by atoms with Crippen LogP contribution in [-0.4, -0.2) is 45.6 Å². The molecule has 11 heteroatoms. The Bertz CT molecular complexity index is 1130. The van der Waals surface area contributed by atoms with E-state index in [1.807, 2.05) is 6.07 Å². The lowest BCUT2D eigenvalue weighted by Crippen LogP contribution is -2.29. The summed E-state index contributed by atoms with van der Waals surface area (Å²) in [5.41, 5.74) is 0.529. The van der Waals surface area contributed by atoms with Crippen LogP contribution in [0.2, 0.25) is 10.0 Å². The summed E-state index contributed by atoms with van der Waals surface area (Å²) < 4.78 is 38.3. The number of carbonyl (C=O) groups is 1. The van der Waals surface area contributed by atoms with Crippen LogP contribution < -0.4 is 5.32 Å². The van der Waals surface area contributed by atoms with Gasteiger partial charge in [0.1, 0.15) is 5.82 Å². The van der Waals surface area contributed by atoms with E-state index in [4.69, 9.17) is 23.2 Å².